The molecule has 0 saturated heterocycles. The van der Waals surface area contributed by atoms with Crippen LogP contribution in [0.1, 0.15) is 19.1 Å². The lowest BCUT2D eigenvalue weighted by Crippen LogP contribution is -2.05. The number of anilines is 3. The van der Waals surface area contributed by atoms with Gasteiger partial charge in [-0.25, -0.2) is 9.97 Å². The van der Waals surface area contributed by atoms with Crippen LogP contribution in [0.25, 0.3) is 11.4 Å². The van der Waals surface area contributed by atoms with Crippen molar-refractivity contribution in [3.05, 3.63) is 48.2 Å². The number of rotatable bonds is 6. The lowest BCUT2D eigenvalue weighted by molar-refractivity contribution is 0.400. The molecule has 0 aliphatic carbocycles. The Balaban J connectivity index is 1.94. The smallest absolute Gasteiger partial charge is 0.175 e. The van der Waals surface area contributed by atoms with Crippen molar-refractivity contribution in [3.63, 3.8) is 0 Å². The van der Waals surface area contributed by atoms with Crippen LogP contribution < -0.4 is 10.6 Å². The van der Waals surface area contributed by atoms with Gasteiger partial charge in [0.2, 0.25) is 0 Å². The second-order valence-electron chi connectivity index (χ2n) is 5.20. The van der Waals surface area contributed by atoms with E-state index in [0.29, 0.717) is 17.5 Å². The first-order valence-corrected chi connectivity index (χ1v) is 7.63. The molecule has 0 amide bonds. The molecule has 0 fully saturated rings. The van der Waals surface area contributed by atoms with Gasteiger partial charge in [0.1, 0.15) is 17.4 Å². The van der Waals surface area contributed by atoms with Gasteiger partial charge in [0.15, 0.2) is 11.6 Å². The van der Waals surface area contributed by atoms with Crippen molar-refractivity contribution in [2.24, 2.45) is 0 Å². The number of benzene rings is 1. The Morgan fingerprint density at radius 1 is 1.00 bits per heavy atom. The number of hydrogen-bond acceptors (Lipinski definition) is 6. The molecule has 2 aromatic heterocycles. The molecule has 0 unspecified atom stereocenters. The molecule has 6 nitrogen and oxygen atoms in total. The summed E-state index contributed by atoms with van der Waals surface area (Å²) in [6.45, 7) is 4.82. The summed E-state index contributed by atoms with van der Waals surface area (Å²) in [5, 5.41) is 10.4. The van der Waals surface area contributed by atoms with Crippen molar-refractivity contribution in [1.29, 1.82) is 0 Å². The zero-order chi connectivity index (χ0) is 16.1. The lowest BCUT2D eigenvalue weighted by atomic mass is 10.2. The van der Waals surface area contributed by atoms with Crippen LogP contribution in [0.15, 0.2) is 47.0 Å². The Morgan fingerprint density at radius 3 is 2.48 bits per heavy atom. The largest absolute Gasteiger partial charge is 0.370 e. The normalized spacial score (nSPS) is 10.5. The molecule has 0 spiro atoms. The molecule has 0 aliphatic heterocycles. The van der Waals surface area contributed by atoms with Gasteiger partial charge in [-0.1, -0.05) is 42.4 Å². The summed E-state index contributed by atoms with van der Waals surface area (Å²) in [6.07, 6.45) is 1.02. The van der Waals surface area contributed by atoms with E-state index in [-0.39, 0.29) is 0 Å². The minimum absolute atomic E-state index is 0.627. The highest BCUT2D eigenvalue weighted by atomic mass is 16.5. The zero-order valence-corrected chi connectivity index (χ0v) is 13.2. The Bertz CT molecular complexity index is 770. The number of nitrogens with one attached hydrogen (secondary N) is 2. The highest BCUT2D eigenvalue weighted by molar-refractivity contribution is 5.63. The molecular formula is C17H19N5O. The molecule has 2 heterocycles. The van der Waals surface area contributed by atoms with E-state index in [1.54, 1.807) is 0 Å². The summed E-state index contributed by atoms with van der Waals surface area (Å²) in [5.74, 6) is 3.49. The van der Waals surface area contributed by atoms with E-state index in [1.807, 2.05) is 49.4 Å². The van der Waals surface area contributed by atoms with Crippen LogP contribution in [0.3, 0.4) is 0 Å². The average molecular weight is 309 g/mol. The first-order valence-electron chi connectivity index (χ1n) is 7.63. The van der Waals surface area contributed by atoms with E-state index in [4.69, 9.17) is 4.52 Å². The summed E-state index contributed by atoms with van der Waals surface area (Å²) in [7, 11) is 0. The van der Waals surface area contributed by atoms with E-state index >= 15 is 0 Å². The SMILES string of the molecule is CCCNc1cc(Nc2cc(C)on2)nc(-c2ccccc2)n1. The van der Waals surface area contributed by atoms with Crippen LogP contribution in [0.4, 0.5) is 17.5 Å². The maximum Gasteiger partial charge on any atom is 0.175 e. The van der Waals surface area contributed by atoms with E-state index in [1.165, 1.54) is 0 Å². The van der Waals surface area contributed by atoms with Crippen LogP contribution in [0, 0.1) is 6.92 Å². The Labute approximate surface area is 135 Å². The number of hydrogen-bond donors (Lipinski definition) is 2. The minimum atomic E-state index is 0.627. The monoisotopic (exact) mass is 309 g/mol. The van der Waals surface area contributed by atoms with Crippen LogP contribution in [0.5, 0.6) is 0 Å². The topological polar surface area (TPSA) is 75.9 Å². The summed E-state index contributed by atoms with van der Waals surface area (Å²) in [5.41, 5.74) is 0.965. The molecule has 6 heteroatoms. The van der Waals surface area contributed by atoms with E-state index in [2.05, 4.69) is 32.7 Å². The predicted octanol–water partition coefficient (Wildman–Crippen LogP) is 4.01. The standard InChI is InChI=1S/C17H19N5O/c1-3-9-18-14-11-15(19-16-10-12(2)23-22-16)21-17(20-14)13-7-5-4-6-8-13/h4-8,10-11H,3,9H2,1-2H3,(H2,18,19,20,21,22). The molecule has 0 saturated carbocycles. The molecule has 118 valence electrons. The molecule has 3 rings (SSSR count). The summed E-state index contributed by atoms with van der Waals surface area (Å²) in [4.78, 5) is 9.15. The Kier molecular flexibility index (Phi) is 4.52. The van der Waals surface area contributed by atoms with Gasteiger partial charge in [0.25, 0.3) is 0 Å². The molecular weight excluding hydrogens is 290 g/mol. The minimum Gasteiger partial charge on any atom is -0.370 e. The van der Waals surface area contributed by atoms with Crippen molar-refractivity contribution < 1.29 is 4.52 Å². The van der Waals surface area contributed by atoms with Gasteiger partial charge in [-0.3, -0.25) is 0 Å². The maximum absolute atomic E-state index is 5.08. The maximum atomic E-state index is 5.08. The summed E-state index contributed by atoms with van der Waals surface area (Å²) >= 11 is 0. The third-order valence-electron chi connectivity index (χ3n) is 3.20. The first-order chi connectivity index (χ1) is 11.2. The van der Waals surface area contributed by atoms with Crippen LogP contribution >= 0.6 is 0 Å². The van der Waals surface area contributed by atoms with Gasteiger partial charge in [-0.2, -0.15) is 0 Å². The summed E-state index contributed by atoms with van der Waals surface area (Å²) < 4.78 is 5.08. The molecule has 2 N–H and O–H groups in total. The van der Waals surface area contributed by atoms with E-state index in [9.17, 15) is 0 Å². The Hall–Kier alpha value is -2.89. The molecule has 0 bridgehead atoms. The van der Waals surface area contributed by atoms with Crippen LogP contribution in [-0.2, 0) is 0 Å². The van der Waals surface area contributed by atoms with Gasteiger partial charge < -0.3 is 15.2 Å². The Morgan fingerprint density at radius 2 is 1.78 bits per heavy atom. The van der Waals surface area contributed by atoms with Crippen molar-refractivity contribution >= 4 is 17.5 Å². The fourth-order valence-corrected chi connectivity index (χ4v) is 2.13. The number of aryl methyl sites for hydroxylation is 1. The highest BCUT2D eigenvalue weighted by Gasteiger charge is 2.08. The summed E-state index contributed by atoms with van der Waals surface area (Å²) in [6, 6.07) is 13.6. The third-order valence-corrected chi connectivity index (χ3v) is 3.20. The quantitative estimate of drug-likeness (QED) is 0.716. The second kappa shape index (κ2) is 6.91. The fourth-order valence-electron chi connectivity index (χ4n) is 2.13. The van der Waals surface area contributed by atoms with E-state index in [0.717, 1.165) is 30.1 Å². The second-order valence-corrected chi connectivity index (χ2v) is 5.20. The number of nitrogens with zero attached hydrogens (tertiary/aromatic N) is 3. The van der Waals surface area contributed by atoms with Crippen molar-refractivity contribution in [1.82, 2.24) is 15.1 Å². The van der Waals surface area contributed by atoms with Crippen molar-refractivity contribution in [2.45, 2.75) is 20.3 Å². The molecule has 0 atom stereocenters. The van der Waals surface area contributed by atoms with Gasteiger partial charge in [-0.15, -0.1) is 0 Å². The number of aromatic nitrogens is 3. The van der Waals surface area contributed by atoms with Crippen LogP contribution in [-0.4, -0.2) is 21.7 Å². The highest BCUT2D eigenvalue weighted by Crippen LogP contribution is 2.22. The first kappa shape index (κ1) is 15.0. The predicted molar refractivity (Wildman–Crippen MR) is 90.8 cm³/mol. The zero-order valence-electron chi connectivity index (χ0n) is 13.2. The van der Waals surface area contributed by atoms with Gasteiger partial charge in [0.05, 0.1) is 0 Å². The molecule has 23 heavy (non-hydrogen) atoms. The third kappa shape index (κ3) is 3.85. The van der Waals surface area contributed by atoms with Gasteiger partial charge >= 0.3 is 0 Å². The molecule has 0 radical (unpaired) electrons. The van der Waals surface area contributed by atoms with Crippen molar-refractivity contribution in [2.75, 3.05) is 17.2 Å². The fraction of sp³-hybridized carbons (Fsp3) is 0.235. The van der Waals surface area contributed by atoms with E-state index < -0.39 is 0 Å². The van der Waals surface area contributed by atoms with Crippen LogP contribution in [0.2, 0.25) is 0 Å². The van der Waals surface area contributed by atoms with Crippen molar-refractivity contribution in [3.8, 4) is 11.4 Å². The van der Waals surface area contributed by atoms with Gasteiger partial charge in [-0.05, 0) is 13.3 Å². The average Bonchev–Trinajstić information content (AvgIpc) is 2.98. The molecule has 0 aliphatic rings. The molecule has 1 aromatic carbocycles. The molecule has 3 aromatic rings. The lowest BCUT2D eigenvalue weighted by Gasteiger charge is -2.10. The van der Waals surface area contributed by atoms with Gasteiger partial charge in [0, 0.05) is 24.2 Å².